The minimum atomic E-state index is -0.856. The Morgan fingerprint density at radius 1 is 0.839 bits per heavy atom. The molecule has 1 aromatic rings. The molecule has 0 radical (unpaired) electrons. The molecule has 0 aromatic heterocycles. The normalized spacial score (nSPS) is 39.6. The maximum atomic E-state index is 13.5. The van der Waals surface area contributed by atoms with Crippen molar-refractivity contribution in [2.24, 2.45) is 51.2 Å². The first kappa shape index (κ1) is 40.5. The van der Waals surface area contributed by atoms with Gasteiger partial charge in [0.05, 0.1) is 12.2 Å². The monoisotopic (exact) mass is 787 g/mol. The third kappa shape index (κ3) is 7.01. The number of nitrogens with one attached hydrogen (secondary N) is 1. The number of carbonyl (C=O) groups is 2. The zero-order valence-electron chi connectivity index (χ0n) is 35.2. The average Bonchev–Trinajstić information content (AvgIpc) is 3.63. The Morgan fingerprint density at radius 3 is 2.36 bits per heavy atom. The minimum absolute atomic E-state index is 0.0373. The number of rotatable bonds is 10. The molecule has 6 aliphatic carbocycles. The fourth-order valence-electron chi connectivity index (χ4n) is 14.7. The summed E-state index contributed by atoms with van der Waals surface area (Å²) in [4.78, 5) is 28.9. The van der Waals surface area contributed by atoms with E-state index in [1.807, 2.05) is 25.1 Å². The fraction of sp³-hybridized carbons (Fsp3) is 0.750. The number of benzene rings is 1. The van der Waals surface area contributed by atoms with Crippen LogP contribution in [0.5, 0.6) is 0 Å². The molecule has 7 nitrogen and oxygen atoms in total. The highest BCUT2D eigenvalue weighted by atomic mass is 32.2. The van der Waals surface area contributed by atoms with E-state index in [1.54, 1.807) is 12.1 Å². The lowest BCUT2D eigenvalue weighted by Crippen LogP contribution is -2.64. The number of nitrogens with zero attached hydrogens (tertiary/aromatic N) is 1. The molecule has 8 heteroatoms. The second-order valence-electron chi connectivity index (χ2n) is 20.2. The number of hydrogen-bond donors (Lipinski definition) is 1. The summed E-state index contributed by atoms with van der Waals surface area (Å²) >= 11 is 0. The van der Waals surface area contributed by atoms with Crippen LogP contribution in [0, 0.1) is 51.2 Å². The van der Waals surface area contributed by atoms with Crippen LogP contribution in [0.2, 0.25) is 0 Å². The Hall–Kier alpha value is -2.29. The predicted molar refractivity (Wildman–Crippen MR) is 224 cm³/mol. The van der Waals surface area contributed by atoms with Gasteiger partial charge in [-0.1, -0.05) is 64.5 Å². The van der Waals surface area contributed by atoms with E-state index in [1.165, 1.54) is 68.9 Å². The van der Waals surface area contributed by atoms with E-state index in [9.17, 15) is 13.8 Å². The van der Waals surface area contributed by atoms with E-state index in [0.29, 0.717) is 41.9 Å². The van der Waals surface area contributed by atoms with E-state index in [4.69, 9.17) is 9.47 Å². The van der Waals surface area contributed by atoms with Crippen LogP contribution < -0.4 is 5.32 Å². The Labute approximate surface area is 340 Å². The molecule has 1 aromatic carbocycles. The first-order valence-electron chi connectivity index (χ1n) is 22.5. The lowest BCUT2D eigenvalue weighted by atomic mass is 9.37. The molecule has 56 heavy (non-hydrogen) atoms. The lowest BCUT2D eigenvalue weighted by Gasteiger charge is -2.68. The number of hydrogen-bond acceptors (Lipinski definition) is 7. The summed E-state index contributed by atoms with van der Waals surface area (Å²) in [6, 6.07) is 9.04. The Balaban J connectivity index is 0.961. The highest BCUT2D eigenvalue weighted by Gasteiger charge is 2.65. The third-order valence-corrected chi connectivity index (χ3v) is 18.7. The number of esters is 2. The second-order valence-corrected chi connectivity index (χ2v) is 21.9. The van der Waals surface area contributed by atoms with Crippen molar-refractivity contribution in [3.05, 3.63) is 59.2 Å². The Kier molecular flexibility index (Phi) is 11.4. The van der Waals surface area contributed by atoms with Crippen LogP contribution in [0.15, 0.2) is 53.6 Å². The van der Waals surface area contributed by atoms with Gasteiger partial charge in [-0.15, -0.1) is 0 Å². The van der Waals surface area contributed by atoms with Crippen LogP contribution in [-0.2, 0) is 25.1 Å². The van der Waals surface area contributed by atoms with Crippen molar-refractivity contribution in [3.8, 4) is 0 Å². The van der Waals surface area contributed by atoms with Crippen molar-refractivity contribution in [3.63, 3.8) is 0 Å². The molecule has 1 saturated heterocycles. The molecular formula is C48H70N2O5S. The molecule has 0 spiro atoms. The maximum Gasteiger partial charge on any atom is 0.338 e. The standard InChI is InChI=1S/C48H70N2O5S/c1-6-54-43(52)47(33-55-42(51)35-11-8-7-9-12-35)24-16-34(17-25-47)37-18-22-46(5)40(44(37,2)3)20-23-45(4)38-19-26-48(49-27-28-50-29-31-56(53)32-30-50)21-10-13-39(48)36(38)14-15-41(45)46/h7-9,11-12,16,18,36,38-41,49H,6,10,13-15,17,19-33H2,1-5H3/t36-,38?,39?,40?,41?,45-,46-,47?,48-/m0/s1. The van der Waals surface area contributed by atoms with Gasteiger partial charge in [0.2, 0.25) is 0 Å². The summed E-state index contributed by atoms with van der Waals surface area (Å²) in [5.41, 5.74) is 3.57. The van der Waals surface area contributed by atoms with Gasteiger partial charge in [0, 0.05) is 54.0 Å². The summed E-state index contributed by atoms with van der Waals surface area (Å²) < 4.78 is 23.3. The summed E-state index contributed by atoms with van der Waals surface area (Å²) in [6.45, 7) is 16.8. The first-order chi connectivity index (χ1) is 26.9. The molecule has 0 bridgehead atoms. The summed E-state index contributed by atoms with van der Waals surface area (Å²) in [5, 5.41) is 4.23. The van der Waals surface area contributed by atoms with E-state index < -0.39 is 22.2 Å². The molecule has 4 saturated carbocycles. The second kappa shape index (κ2) is 15.7. The van der Waals surface area contributed by atoms with Crippen LogP contribution >= 0.6 is 0 Å². The molecule has 1 aliphatic heterocycles. The molecule has 1 N–H and O–H groups in total. The molecule has 8 rings (SSSR count). The molecular weight excluding hydrogens is 717 g/mol. The van der Waals surface area contributed by atoms with Crippen molar-refractivity contribution >= 4 is 22.7 Å². The van der Waals surface area contributed by atoms with Gasteiger partial charge in [0.25, 0.3) is 0 Å². The highest BCUT2D eigenvalue weighted by Crippen LogP contribution is 2.72. The first-order valence-corrected chi connectivity index (χ1v) is 24.0. The van der Waals surface area contributed by atoms with Gasteiger partial charge in [-0.3, -0.25) is 9.00 Å². The molecule has 1 heterocycles. The van der Waals surface area contributed by atoms with Gasteiger partial charge in [0.15, 0.2) is 0 Å². The van der Waals surface area contributed by atoms with E-state index in [2.05, 4.69) is 50.1 Å². The summed E-state index contributed by atoms with van der Waals surface area (Å²) in [7, 11) is -0.608. The topological polar surface area (TPSA) is 84.9 Å². The molecule has 5 unspecified atom stereocenters. The molecule has 7 aliphatic rings. The van der Waals surface area contributed by atoms with Crippen LogP contribution in [0.25, 0.3) is 0 Å². The molecule has 5 fully saturated rings. The zero-order chi connectivity index (χ0) is 39.3. The van der Waals surface area contributed by atoms with Crippen molar-refractivity contribution < 1.29 is 23.3 Å². The lowest BCUT2D eigenvalue weighted by molar-refractivity contribution is -0.175. The molecule has 9 atom stereocenters. The van der Waals surface area contributed by atoms with E-state index in [-0.39, 0.29) is 23.4 Å². The van der Waals surface area contributed by atoms with Crippen LogP contribution in [0.1, 0.15) is 128 Å². The van der Waals surface area contributed by atoms with Crippen molar-refractivity contribution in [2.45, 2.75) is 124 Å². The summed E-state index contributed by atoms with van der Waals surface area (Å²) in [6.07, 6.45) is 20.3. The van der Waals surface area contributed by atoms with Crippen molar-refractivity contribution in [1.29, 1.82) is 0 Å². The van der Waals surface area contributed by atoms with Crippen LogP contribution in [0.3, 0.4) is 0 Å². The quantitative estimate of drug-likeness (QED) is 0.237. The predicted octanol–water partition coefficient (Wildman–Crippen LogP) is 8.91. The van der Waals surface area contributed by atoms with Gasteiger partial charge in [-0.2, -0.15) is 0 Å². The maximum absolute atomic E-state index is 13.5. The van der Waals surface area contributed by atoms with E-state index in [0.717, 1.165) is 74.2 Å². The summed E-state index contributed by atoms with van der Waals surface area (Å²) in [5.74, 6) is 4.90. The molecule has 0 amide bonds. The van der Waals surface area contributed by atoms with Crippen LogP contribution in [-0.4, -0.2) is 77.5 Å². The third-order valence-electron chi connectivity index (χ3n) is 17.4. The van der Waals surface area contributed by atoms with Gasteiger partial charge >= 0.3 is 11.9 Å². The largest absolute Gasteiger partial charge is 0.465 e. The minimum Gasteiger partial charge on any atom is -0.465 e. The number of fused-ring (bicyclic) bond motifs is 7. The van der Waals surface area contributed by atoms with Gasteiger partial charge in [0.1, 0.15) is 12.0 Å². The number of carbonyl (C=O) groups excluding carboxylic acids is 2. The van der Waals surface area contributed by atoms with E-state index >= 15 is 0 Å². The van der Waals surface area contributed by atoms with Gasteiger partial charge in [-0.05, 0) is 153 Å². The average molecular weight is 787 g/mol. The van der Waals surface area contributed by atoms with Gasteiger partial charge < -0.3 is 19.7 Å². The Morgan fingerprint density at radius 2 is 1.62 bits per heavy atom. The van der Waals surface area contributed by atoms with Crippen molar-refractivity contribution in [1.82, 2.24) is 10.2 Å². The van der Waals surface area contributed by atoms with Crippen molar-refractivity contribution in [2.75, 3.05) is 50.9 Å². The number of allylic oxidation sites excluding steroid dienone is 4. The number of ether oxygens (including phenoxy) is 2. The SMILES string of the molecule is CCOC(=O)C1(COC(=O)c2ccccc2)CC=C(C2=CC[C@@]3(C)C(CC[C@@]4(C)C5CC[C@@]6(NCCN7CCS(=O)CC7)CCCC6[C@H]5CCC43)C2(C)C)CC1. The Bertz CT molecular complexity index is 1710. The van der Waals surface area contributed by atoms with Crippen LogP contribution in [0.4, 0.5) is 0 Å². The van der Waals surface area contributed by atoms with Gasteiger partial charge in [-0.25, -0.2) is 4.79 Å². The molecule has 308 valence electrons. The zero-order valence-corrected chi connectivity index (χ0v) is 36.0. The highest BCUT2D eigenvalue weighted by molar-refractivity contribution is 7.85. The fourth-order valence-corrected chi connectivity index (χ4v) is 15.8. The smallest absolute Gasteiger partial charge is 0.338 e.